The van der Waals surface area contributed by atoms with Crippen LogP contribution in [0, 0.1) is 11.3 Å². The molecule has 92 valence electrons. The maximum Gasteiger partial charge on any atom is 0.0635 e. The Hall–Kier alpha value is -0.560. The molecule has 0 unspecified atom stereocenters. The van der Waals surface area contributed by atoms with E-state index in [9.17, 15) is 0 Å². The Kier molecular flexibility index (Phi) is 5.97. The van der Waals surface area contributed by atoms with Crippen LogP contribution in [0.15, 0.2) is 22.7 Å². The third kappa shape index (κ3) is 4.67. The molecule has 0 aliphatic heterocycles. The minimum atomic E-state index is 0.406. The van der Waals surface area contributed by atoms with E-state index in [4.69, 9.17) is 16.9 Å². The van der Waals surface area contributed by atoms with Crippen molar-refractivity contribution in [2.24, 2.45) is 0 Å². The van der Waals surface area contributed by atoms with Gasteiger partial charge in [-0.05, 0) is 31.5 Å². The molecule has 0 heterocycles. The molecule has 0 spiro atoms. The molecular weight excluding hydrogens is 300 g/mol. The van der Waals surface area contributed by atoms with Crippen molar-refractivity contribution in [2.45, 2.75) is 32.9 Å². The van der Waals surface area contributed by atoms with Crippen LogP contribution in [-0.4, -0.2) is 17.5 Å². The van der Waals surface area contributed by atoms with Gasteiger partial charge in [0.1, 0.15) is 0 Å². The number of halogens is 2. The molecule has 1 rings (SSSR count). The zero-order valence-corrected chi connectivity index (χ0v) is 12.4. The van der Waals surface area contributed by atoms with E-state index in [2.05, 4.69) is 40.7 Å². The fraction of sp³-hybridized carbons (Fsp3) is 0.462. The van der Waals surface area contributed by atoms with E-state index in [1.165, 1.54) is 0 Å². The van der Waals surface area contributed by atoms with Gasteiger partial charge in [0.2, 0.25) is 0 Å². The molecular formula is C13H16BrClN2. The summed E-state index contributed by atoms with van der Waals surface area (Å²) in [6, 6.07) is 8.50. The topological polar surface area (TPSA) is 27.0 Å². The van der Waals surface area contributed by atoms with Gasteiger partial charge in [-0.25, -0.2) is 0 Å². The highest BCUT2D eigenvalue weighted by molar-refractivity contribution is 9.10. The largest absolute Gasteiger partial charge is 0.296 e. The summed E-state index contributed by atoms with van der Waals surface area (Å²) in [4.78, 5) is 2.25. The first-order valence-electron chi connectivity index (χ1n) is 5.59. The molecule has 1 aromatic carbocycles. The predicted molar refractivity (Wildman–Crippen MR) is 74.9 cm³/mol. The van der Waals surface area contributed by atoms with Crippen molar-refractivity contribution in [1.82, 2.24) is 4.90 Å². The molecule has 0 atom stereocenters. The molecule has 0 amide bonds. The number of hydrogen-bond donors (Lipinski definition) is 0. The molecule has 0 bridgehead atoms. The number of benzene rings is 1. The van der Waals surface area contributed by atoms with Gasteiger partial charge in [0.25, 0.3) is 0 Å². The van der Waals surface area contributed by atoms with Crippen LogP contribution in [0.3, 0.4) is 0 Å². The monoisotopic (exact) mass is 314 g/mol. The van der Waals surface area contributed by atoms with Crippen molar-refractivity contribution in [2.75, 3.05) is 6.54 Å². The summed E-state index contributed by atoms with van der Waals surface area (Å²) in [5, 5.41) is 9.41. The van der Waals surface area contributed by atoms with E-state index in [1.807, 2.05) is 18.2 Å². The van der Waals surface area contributed by atoms with Gasteiger partial charge in [-0.2, -0.15) is 5.26 Å². The average Bonchev–Trinajstić information content (AvgIpc) is 2.26. The SMILES string of the molecule is CC(C)N(CCC#N)Cc1ccc(Br)cc1Cl. The van der Waals surface area contributed by atoms with E-state index >= 15 is 0 Å². The molecule has 1 aromatic rings. The molecule has 2 nitrogen and oxygen atoms in total. The highest BCUT2D eigenvalue weighted by Crippen LogP contribution is 2.23. The number of nitrogens with zero attached hydrogens (tertiary/aromatic N) is 2. The molecule has 0 saturated heterocycles. The summed E-state index contributed by atoms with van der Waals surface area (Å²) in [5.74, 6) is 0. The number of nitriles is 1. The molecule has 4 heteroatoms. The number of hydrogen-bond acceptors (Lipinski definition) is 2. The lowest BCUT2D eigenvalue weighted by Gasteiger charge is -2.25. The van der Waals surface area contributed by atoms with E-state index in [0.29, 0.717) is 12.5 Å². The van der Waals surface area contributed by atoms with Crippen LogP contribution < -0.4 is 0 Å². The third-order valence-electron chi connectivity index (χ3n) is 2.63. The highest BCUT2D eigenvalue weighted by Gasteiger charge is 2.11. The summed E-state index contributed by atoms with van der Waals surface area (Å²) in [5.41, 5.74) is 1.10. The lowest BCUT2D eigenvalue weighted by molar-refractivity contribution is 0.218. The number of rotatable bonds is 5. The van der Waals surface area contributed by atoms with Gasteiger partial charge in [-0.15, -0.1) is 0 Å². The predicted octanol–water partition coefficient (Wildman–Crippen LogP) is 4.23. The molecule has 0 aliphatic rings. The van der Waals surface area contributed by atoms with Crippen LogP contribution >= 0.6 is 27.5 Å². The van der Waals surface area contributed by atoms with Crippen LogP contribution in [0.1, 0.15) is 25.8 Å². The second-order valence-electron chi connectivity index (χ2n) is 4.21. The molecule has 17 heavy (non-hydrogen) atoms. The normalized spacial score (nSPS) is 10.9. The van der Waals surface area contributed by atoms with Crippen molar-refractivity contribution in [3.05, 3.63) is 33.3 Å². The van der Waals surface area contributed by atoms with E-state index in [-0.39, 0.29) is 0 Å². The lowest BCUT2D eigenvalue weighted by Crippen LogP contribution is -2.31. The second-order valence-corrected chi connectivity index (χ2v) is 5.53. The summed E-state index contributed by atoms with van der Waals surface area (Å²) in [7, 11) is 0. The van der Waals surface area contributed by atoms with Gasteiger partial charge in [-0.3, -0.25) is 4.90 Å². The summed E-state index contributed by atoms with van der Waals surface area (Å²) < 4.78 is 0.986. The van der Waals surface area contributed by atoms with Crippen molar-refractivity contribution in [3.63, 3.8) is 0 Å². The Balaban J connectivity index is 2.75. The maximum atomic E-state index is 8.65. The summed E-state index contributed by atoms with van der Waals surface area (Å²) in [6.45, 7) is 5.82. The maximum absolute atomic E-state index is 8.65. The smallest absolute Gasteiger partial charge is 0.0635 e. The third-order valence-corrected chi connectivity index (χ3v) is 3.47. The van der Waals surface area contributed by atoms with Crippen LogP contribution in [-0.2, 0) is 6.54 Å². The molecule has 0 fully saturated rings. The Morgan fingerprint density at radius 3 is 2.71 bits per heavy atom. The quantitative estimate of drug-likeness (QED) is 0.813. The Morgan fingerprint density at radius 2 is 2.18 bits per heavy atom. The van der Waals surface area contributed by atoms with Crippen molar-refractivity contribution in [3.8, 4) is 6.07 Å². The Labute approximate surface area is 116 Å². The van der Waals surface area contributed by atoms with Crippen LogP contribution in [0.5, 0.6) is 0 Å². The van der Waals surface area contributed by atoms with Gasteiger partial charge in [-0.1, -0.05) is 33.6 Å². The first-order valence-corrected chi connectivity index (χ1v) is 6.76. The molecule has 0 aromatic heterocycles. The fourth-order valence-electron chi connectivity index (χ4n) is 1.58. The van der Waals surface area contributed by atoms with E-state index in [0.717, 1.165) is 28.1 Å². The molecule has 0 aliphatic carbocycles. The zero-order chi connectivity index (χ0) is 12.8. The molecule has 0 N–H and O–H groups in total. The van der Waals surface area contributed by atoms with Gasteiger partial charge in [0, 0.05) is 35.0 Å². The second kappa shape index (κ2) is 7.00. The zero-order valence-electron chi connectivity index (χ0n) is 10.1. The first kappa shape index (κ1) is 14.5. The van der Waals surface area contributed by atoms with Crippen molar-refractivity contribution >= 4 is 27.5 Å². The standard InChI is InChI=1S/C13H16BrClN2/c1-10(2)17(7-3-6-16)9-11-4-5-12(14)8-13(11)15/h4-5,8,10H,3,7,9H2,1-2H3. The fourth-order valence-corrected chi connectivity index (χ4v) is 2.32. The Bertz CT molecular complexity index is 412. The molecule has 0 saturated carbocycles. The first-order chi connectivity index (χ1) is 8.04. The van der Waals surface area contributed by atoms with Gasteiger partial charge >= 0.3 is 0 Å². The van der Waals surface area contributed by atoms with E-state index < -0.39 is 0 Å². The lowest BCUT2D eigenvalue weighted by atomic mass is 10.2. The van der Waals surface area contributed by atoms with Crippen LogP contribution in [0.25, 0.3) is 0 Å². The van der Waals surface area contributed by atoms with Crippen molar-refractivity contribution < 1.29 is 0 Å². The van der Waals surface area contributed by atoms with Crippen molar-refractivity contribution in [1.29, 1.82) is 5.26 Å². The van der Waals surface area contributed by atoms with E-state index in [1.54, 1.807) is 0 Å². The highest BCUT2D eigenvalue weighted by atomic mass is 79.9. The molecule has 0 radical (unpaired) electrons. The van der Waals surface area contributed by atoms with Gasteiger partial charge < -0.3 is 0 Å². The van der Waals surface area contributed by atoms with Gasteiger partial charge in [0.05, 0.1) is 6.07 Å². The minimum Gasteiger partial charge on any atom is -0.296 e. The van der Waals surface area contributed by atoms with Crippen LogP contribution in [0.4, 0.5) is 0 Å². The summed E-state index contributed by atoms with van der Waals surface area (Å²) in [6.07, 6.45) is 0.548. The average molecular weight is 316 g/mol. The van der Waals surface area contributed by atoms with Crippen LogP contribution in [0.2, 0.25) is 5.02 Å². The van der Waals surface area contributed by atoms with Gasteiger partial charge in [0.15, 0.2) is 0 Å². The Morgan fingerprint density at radius 1 is 1.47 bits per heavy atom. The minimum absolute atomic E-state index is 0.406. The summed E-state index contributed by atoms with van der Waals surface area (Å²) >= 11 is 9.58.